The second-order valence-electron chi connectivity index (χ2n) is 2.97. The minimum Gasteiger partial charge on any atom is -0.388 e. The van der Waals surface area contributed by atoms with Gasteiger partial charge in [-0.25, -0.2) is 8.42 Å². The van der Waals surface area contributed by atoms with Crippen LogP contribution in [-0.2, 0) is 14.6 Å². The predicted molar refractivity (Wildman–Crippen MR) is 77.0 cm³/mol. The Kier molecular flexibility index (Phi) is 67.5. The molecule has 16 heavy (non-hydrogen) atoms. The van der Waals surface area contributed by atoms with Crippen molar-refractivity contribution < 1.29 is 13.2 Å². The first-order valence-electron chi connectivity index (χ1n) is 5.79. The van der Waals surface area contributed by atoms with Crippen LogP contribution in [-0.4, -0.2) is 35.1 Å². The minimum absolute atomic E-state index is 1.16. The lowest BCUT2D eigenvalue weighted by molar-refractivity contribution is 0.277. The van der Waals surface area contributed by atoms with Crippen LogP contribution in [0.15, 0.2) is 0 Å². The van der Waals surface area contributed by atoms with Gasteiger partial charge in [-0.15, -0.1) is 0 Å². The van der Waals surface area contributed by atoms with Crippen LogP contribution in [0.1, 0.15) is 54.4 Å². The first-order chi connectivity index (χ1) is 7.24. The average molecular weight is 258 g/mol. The molecule has 0 atom stereocenters. The van der Waals surface area contributed by atoms with E-state index in [1.54, 1.807) is 14.2 Å². The molecular weight excluding hydrogens is 224 g/mol. The van der Waals surface area contributed by atoms with Gasteiger partial charge in [-0.1, -0.05) is 54.4 Å². The number of methoxy groups -OCH3 is 1. The largest absolute Gasteiger partial charge is 0.388 e. The summed E-state index contributed by atoms with van der Waals surface area (Å²) in [5.74, 6) is 0. The molecule has 0 aliphatic heterocycles. The molecule has 0 bridgehead atoms. The number of hydrogen-bond donors (Lipinski definition) is 0. The third kappa shape index (κ3) is 286000. The normalized spacial score (nSPS) is 7.38. The van der Waals surface area contributed by atoms with E-state index in [2.05, 4.69) is 32.4 Å². The lowest BCUT2D eigenvalue weighted by Crippen LogP contribution is -1.86. The van der Waals surface area contributed by atoms with E-state index >= 15 is 0 Å². The number of sulfone groups is 1. The van der Waals surface area contributed by atoms with E-state index < -0.39 is 9.84 Å². The fourth-order valence-electron chi connectivity index (χ4n) is 0. The molecule has 0 saturated carbocycles. The molecule has 0 heterocycles. The van der Waals surface area contributed by atoms with E-state index in [0.29, 0.717) is 0 Å². The van der Waals surface area contributed by atoms with E-state index in [-0.39, 0.29) is 0 Å². The van der Waals surface area contributed by atoms with Crippen molar-refractivity contribution in [3.8, 4) is 0 Å². The fourth-order valence-corrected chi connectivity index (χ4v) is 0. The molecule has 0 fully saturated rings. The molecular formula is C12H34O3S. The lowest BCUT2D eigenvalue weighted by atomic mass is 10.6. The summed E-state index contributed by atoms with van der Waals surface area (Å²) in [4.78, 5) is 0. The number of hydrogen-bond acceptors (Lipinski definition) is 3. The molecule has 0 aliphatic carbocycles. The standard InChI is InChI=1S/2C3H8.C2H6O2S.C2H6O.C2H6/c2*1-3-2;1-5(2,3)4;1-3-2;1-2/h2*3H2,1-2H3;1-2H3;1-2H3;1-2H3. The van der Waals surface area contributed by atoms with Gasteiger partial charge in [0.15, 0.2) is 0 Å². The predicted octanol–water partition coefficient (Wildman–Crippen LogP) is 3.78. The van der Waals surface area contributed by atoms with Crippen molar-refractivity contribution in [2.45, 2.75) is 54.4 Å². The van der Waals surface area contributed by atoms with E-state index in [1.165, 1.54) is 12.8 Å². The maximum atomic E-state index is 9.63. The third-order valence-electron chi connectivity index (χ3n) is 0. The molecule has 0 unspecified atom stereocenters. The molecule has 0 aliphatic rings. The van der Waals surface area contributed by atoms with Gasteiger partial charge in [0.25, 0.3) is 0 Å². The Bertz CT molecular complexity index is 128. The highest BCUT2D eigenvalue weighted by molar-refractivity contribution is 7.89. The molecule has 0 amide bonds. The van der Waals surface area contributed by atoms with Crippen LogP contribution < -0.4 is 0 Å². The Morgan fingerprint density at radius 2 is 0.812 bits per heavy atom. The van der Waals surface area contributed by atoms with Gasteiger partial charge in [0, 0.05) is 26.7 Å². The van der Waals surface area contributed by atoms with Crippen LogP contribution in [0.5, 0.6) is 0 Å². The maximum Gasteiger partial charge on any atom is 0.144 e. The van der Waals surface area contributed by atoms with Gasteiger partial charge >= 0.3 is 0 Å². The molecule has 0 radical (unpaired) electrons. The topological polar surface area (TPSA) is 43.4 Å². The molecule has 0 saturated heterocycles. The van der Waals surface area contributed by atoms with Crippen molar-refractivity contribution in [1.82, 2.24) is 0 Å². The molecule has 0 aromatic carbocycles. The van der Waals surface area contributed by atoms with Crippen LogP contribution in [0.25, 0.3) is 0 Å². The quantitative estimate of drug-likeness (QED) is 0.664. The summed E-state index contributed by atoms with van der Waals surface area (Å²) in [6, 6.07) is 0. The van der Waals surface area contributed by atoms with Gasteiger partial charge in [-0.2, -0.15) is 0 Å². The summed E-state index contributed by atoms with van der Waals surface area (Å²) >= 11 is 0. The molecule has 0 N–H and O–H groups in total. The van der Waals surface area contributed by atoms with Crippen molar-refractivity contribution in [2.75, 3.05) is 26.7 Å². The Morgan fingerprint density at radius 3 is 0.812 bits per heavy atom. The second-order valence-corrected chi connectivity index (χ2v) is 5.25. The Balaban J connectivity index is -0.0000000329. The first kappa shape index (κ1) is 29.7. The van der Waals surface area contributed by atoms with Crippen LogP contribution in [0.4, 0.5) is 0 Å². The van der Waals surface area contributed by atoms with E-state index in [1.807, 2.05) is 13.8 Å². The van der Waals surface area contributed by atoms with Crippen LogP contribution in [0.2, 0.25) is 0 Å². The fraction of sp³-hybridized carbons (Fsp3) is 1.00. The Hall–Kier alpha value is -0.0900. The summed E-state index contributed by atoms with van der Waals surface area (Å²) < 4.78 is 23.5. The monoisotopic (exact) mass is 258 g/mol. The summed E-state index contributed by atoms with van der Waals surface area (Å²) in [6.45, 7) is 12.5. The van der Waals surface area contributed by atoms with Crippen LogP contribution in [0, 0.1) is 0 Å². The van der Waals surface area contributed by atoms with Crippen molar-refractivity contribution in [3.63, 3.8) is 0 Å². The first-order valence-corrected chi connectivity index (χ1v) is 8.09. The zero-order valence-electron chi connectivity index (χ0n) is 13.0. The zero-order chi connectivity index (χ0) is 14.6. The maximum absolute atomic E-state index is 9.63. The molecule has 0 aromatic rings. The van der Waals surface area contributed by atoms with E-state index in [0.717, 1.165) is 12.5 Å². The van der Waals surface area contributed by atoms with Gasteiger partial charge < -0.3 is 4.74 Å². The van der Waals surface area contributed by atoms with Crippen molar-refractivity contribution in [2.24, 2.45) is 0 Å². The van der Waals surface area contributed by atoms with Gasteiger partial charge in [0.05, 0.1) is 0 Å². The molecule has 4 heteroatoms. The van der Waals surface area contributed by atoms with E-state index in [4.69, 9.17) is 0 Å². The Labute approximate surface area is 105 Å². The van der Waals surface area contributed by atoms with Gasteiger partial charge in [0.2, 0.25) is 0 Å². The van der Waals surface area contributed by atoms with Gasteiger partial charge in [0.1, 0.15) is 9.84 Å². The highest BCUT2D eigenvalue weighted by Gasteiger charge is 1.79. The van der Waals surface area contributed by atoms with Crippen molar-refractivity contribution >= 4 is 9.84 Å². The van der Waals surface area contributed by atoms with Gasteiger partial charge in [-0.05, 0) is 0 Å². The zero-order valence-corrected chi connectivity index (χ0v) is 13.9. The molecule has 0 rings (SSSR count). The molecule has 3 nitrogen and oxygen atoms in total. The summed E-state index contributed by atoms with van der Waals surface area (Å²) in [7, 11) is 0.583. The van der Waals surface area contributed by atoms with Crippen LogP contribution >= 0.6 is 0 Å². The van der Waals surface area contributed by atoms with E-state index in [9.17, 15) is 8.42 Å². The SMILES string of the molecule is CC.CCC.CCC.COC.CS(C)(=O)=O. The van der Waals surface area contributed by atoms with Crippen molar-refractivity contribution in [1.29, 1.82) is 0 Å². The minimum atomic E-state index is -2.67. The lowest BCUT2D eigenvalue weighted by Gasteiger charge is -1.69. The highest BCUT2D eigenvalue weighted by atomic mass is 32.2. The molecule has 0 spiro atoms. The van der Waals surface area contributed by atoms with Crippen molar-refractivity contribution in [3.05, 3.63) is 0 Å². The average Bonchev–Trinajstić information content (AvgIpc) is 2.07. The number of rotatable bonds is 0. The molecule has 106 valence electrons. The van der Waals surface area contributed by atoms with Crippen LogP contribution in [0.3, 0.4) is 0 Å². The summed E-state index contributed by atoms with van der Waals surface area (Å²) in [5, 5.41) is 0. The summed E-state index contributed by atoms with van der Waals surface area (Å²) in [5.41, 5.74) is 0. The highest BCUT2D eigenvalue weighted by Crippen LogP contribution is 1.61. The Morgan fingerprint density at radius 1 is 0.812 bits per heavy atom. The third-order valence-corrected chi connectivity index (χ3v) is 0. The molecule has 0 aromatic heterocycles. The second kappa shape index (κ2) is 36.3. The number of ether oxygens (including phenoxy) is 1. The van der Waals surface area contributed by atoms with Gasteiger partial charge in [-0.3, -0.25) is 0 Å². The summed E-state index contributed by atoms with van der Waals surface area (Å²) in [6.07, 6.45) is 4.82. The smallest absolute Gasteiger partial charge is 0.144 e.